The van der Waals surface area contributed by atoms with Crippen LogP contribution in [0.4, 0.5) is 0 Å². The first kappa shape index (κ1) is 17.6. The Morgan fingerprint density at radius 1 is 0.667 bits per heavy atom. The van der Waals surface area contributed by atoms with Crippen molar-refractivity contribution in [2.75, 3.05) is 0 Å². The zero-order valence-corrected chi connectivity index (χ0v) is 14.5. The SMILES string of the molecule is CC.Cc1ccc(Oc2cccc(COc3ccccc3)c2)cc1. The predicted octanol–water partition coefficient (Wildman–Crippen LogP) is 6.39. The van der Waals surface area contributed by atoms with E-state index in [9.17, 15) is 0 Å². The van der Waals surface area contributed by atoms with E-state index in [4.69, 9.17) is 9.47 Å². The summed E-state index contributed by atoms with van der Waals surface area (Å²) in [5, 5.41) is 0. The number of rotatable bonds is 5. The van der Waals surface area contributed by atoms with Gasteiger partial charge in [0.25, 0.3) is 0 Å². The average Bonchev–Trinajstić information content (AvgIpc) is 2.65. The summed E-state index contributed by atoms with van der Waals surface area (Å²) in [7, 11) is 0. The second-order valence-electron chi connectivity index (χ2n) is 5.16. The third-order valence-corrected chi connectivity index (χ3v) is 3.30. The lowest BCUT2D eigenvalue weighted by molar-refractivity contribution is 0.305. The third-order valence-electron chi connectivity index (χ3n) is 3.30. The van der Waals surface area contributed by atoms with Crippen molar-refractivity contribution < 1.29 is 9.47 Å². The average molecular weight is 320 g/mol. The Kier molecular flexibility index (Phi) is 6.91. The number of hydrogen-bond acceptors (Lipinski definition) is 2. The Morgan fingerprint density at radius 3 is 2.04 bits per heavy atom. The molecule has 0 N–H and O–H groups in total. The van der Waals surface area contributed by atoms with Crippen molar-refractivity contribution >= 4 is 0 Å². The zero-order chi connectivity index (χ0) is 17.2. The van der Waals surface area contributed by atoms with Crippen LogP contribution in [0.2, 0.25) is 0 Å². The number of aryl methyl sites for hydroxylation is 1. The fourth-order valence-corrected chi connectivity index (χ4v) is 2.12. The van der Waals surface area contributed by atoms with E-state index in [2.05, 4.69) is 6.92 Å². The number of benzene rings is 3. The quantitative estimate of drug-likeness (QED) is 0.542. The number of ether oxygens (including phenoxy) is 2. The summed E-state index contributed by atoms with van der Waals surface area (Å²) in [5.74, 6) is 2.53. The zero-order valence-electron chi connectivity index (χ0n) is 14.5. The van der Waals surface area contributed by atoms with Crippen molar-refractivity contribution in [3.8, 4) is 17.2 Å². The van der Waals surface area contributed by atoms with Crippen molar-refractivity contribution in [2.24, 2.45) is 0 Å². The van der Waals surface area contributed by atoms with Crippen molar-refractivity contribution in [3.63, 3.8) is 0 Å². The van der Waals surface area contributed by atoms with E-state index in [0.29, 0.717) is 6.61 Å². The van der Waals surface area contributed by atoms with Crippen LogP contribution in [0.5, 0.6) is 17.2 Å². The Morgan fingerprint density at radius 2 is 1.33 bits per heavy atom. The van der Waals surface area contributed by atoms with Gasteiger partial charge in [-0.05, 0) is 48.9 Å². The van der Waals surface area contributed by atoms with Crippen LogP contribution in [-0.2, 0) is 6.61 Å². The Bertz CT molecular complexity index is 718. The van der Waals surface area contributed by atoms with Crippen LogP contribution in [0.3, 0.4) is 0 Å². The first-order chi connectivity index (χ1) is 11.8. The van der Waals surface area contributed by atoms with Crippen molar-refractivity contribution in [2.45, 2.75) is 27.4 Å². The summed E-state index contributed by atoms with van der Waals surface area (Å²) in [6.07, 6.45) is 0. The van der Waals surface area contributed by atoms with Gasteiger partial charge in [-0.3, -0.25) is 0 Å². The summed E-state index contributed by atoms with van der Waals surface area (Å²) >= 11 is 0. The van der Waals surface area contributed by atoms with Crippen molar-refractivity contribution in [3.05, 3.63) is 90.0 Å². The molecule has 0 aromatic heterocycles. The van der Waals surface area contributed by atoms with E-state index < -0.39 is 0 Å². The number of para-hydroxylation sites is 1. The van der Waals surface area contributed by atoms with Crippen LogP contribution in [0.15, 0.2) is 78.9 Å². The molecule has 0 saturated carbocycles. The van der Waals surface area contributed by atoms with Crippen LogP contribution >= 0.6 is 0 Å². The normalized spacial score (nSPS) is 9.62. The van der Waals surface area contributed by atoms with Crippen LogP contribution in [-0.4, -0.2) is 0 Å². The summed E-state index contributed by atoms with van der Waals surface area (Å²) in [5.41, 5.74) is 2.30. The second-order valence-corrected chi connectivity index (χ2v) is 5.16. The largest absolute Gasteiger partial charge is 0.489 e. The smallest absolute Gasteiger partial charge is 0.127 e. The summed E-state index contributed by atoms with van der Waals surface area (Å²) in [6.45, 7) is 6.58. The number of hydrogen-bond donors (Lipinski definition) is 0. The van der Waals surface area contributed by atoms with Gasteiger partial charge in [-0.1, -0.05) is 61.9 Å². The lowest BCUT2D eigenvalue weighted by atomic mass is 10.2. The monoisotopic (exact) mass is 320 g/mol. The molecule has 2 heteroatoms. The minimum Gasteiger partial charge on any atom is -0.489 e. The van der Waals surface area contributed by atoms with E-state index in [0.717, 1.165) is 22.8 Å². The highest BCUT2D eigenvalue weighted by atomic mass is 16.5. The molecule has 0 spiro atoms. The Balaban J connectivity index is 0.00000100. The lowest BCUT2D eigenvalue weighted by Gasteiger charge is -2.09. The maximum absolute atomic E-state index is 5.87. The Hall–Kier alpha value is -2.74. The van der Waals surface area contributed by atoms with E-state index in [1.54, 1.807) is 0 Å². The molecular formula is C22H24O2. The summed E-state index contributed by atoms with van der Waals surface area (Å²) in [4.78, 5) is 0. The van der Waals surface area contributed by atoms with Crippen LogP contribution in [0.1, 0.15) is 25.0 Å². The summed E-state index contributed by atoms with van der Waals surface area (Å²) < 4.78 is 11.6. The second kappa shape index (κ2) is 9.41. The Labute approximate surface area is 144 Å². The molecule has 0 bridgehead atoms. The van der Waals surface area contributed by atoms with E-state index in [1.165, 1.54) is 5.56 Å². The van der Waals surface area contributed by atoms with Gasteiger partial charge in [0, 0.05) is 0 Å². The maximum atomic E-state index is 5.87. The van der Waals surface area contributed by atoms with Gasteiger partial charge in [-0.15, -0.1) is 0 Å². The highest BCUT2D eigenvalue weighted by Gasteiger charge is 2.00. The molecule has 124 valence electrons. The van der Waals surface area contributed by atoms with Gasteiger partial charge in [0.05, 0.1) is 0 Å². The molecule has 2 nitrogen and oxygen atoms in total. The standard InChI is InChI=1S/C20H18O2.C2H6/c1-16-10-12-19(13-11-16)22-20-9-5-6-17(14-20)15-21-18-7-3-2-4-8-18;1-2/h2-14H,15H2,1H3;1-2H3. The fraction of sp³-hybridized carbons (Fsp3) is 0.182. The molecule has 3 aromatic carbocycles. The minimum atomic E-state index is 0.523. The maximum Gasteiger partial charge on any atom is 0.127 e. The third kappa shape index (κ3) is 5.47. The van der Waals surface area contributed by atoms with Crippen molar-refractivity contribution in [1.29, 1.82) is 0 Å². The summed E-state index contributed by atoms with van der Waals surface area (Å²) in [6, 6.07) is 25.8. The van der Waals surface area contributed by atoms with E-state index >= 15 is 0 Å². The first-order valence-electron chi connectivity index (χ1n) is 8.31. The van der Waals surface area contributed by atoms with Gasteiger partial charge in [0.15, 0.2) is 0 Å². The first-order valence-corrected chi connectivity index (χ1v) is 8.31. The van der Waals surface area contributed by atoms with Gasteiger partial charge >= 0.3 is 0 Å². The molecule has 0 saturated heterocycles. The molecule has 0 heterocycles. The predicted molar refractivity (Wildman–Crippen MR) is 99.8 cm³/mol. The van der Waals surface area contributed by atoms with E-state index in [-0.39, 0.29) is 0 Å². The van der Waals surface area contributed by atoms with Gasteiger partial charge in [0.1, 0.15) is 23.9 Å². The van der Waals surface area contributed by atoms with E-state index in [1.807, 2.05) is 92.7 Å². The minimum absolute atomic E-state index is 0.523. The molecule has 0 fully saturated rings. The highest BCUT2D eigenvalue weighted by molar-refractivity contribution is 5.35. The van der Waals surface area contributed by atoms with Crippen LogP contribution in [0.25, 0.3) is 0 Å². The molecule has 24 heavy (non-hydrogen) atoms. The lowest BCUT2D eigenvalue weighted by Crippen LogP contribution is -1.95. The van der Waals surface area contributed by atoms with Gasteiger partial charge in [-0.2, -0.15) is 0 Å². The molecule has 0 aliphatic heterocycles. The highest BCUT2D eigenvalue weighted by Crippen LogP contribution is 2.23. The molecule has 0 aliphatic carbocycles. The van der Waals surface area contributed by atoms with Gasteiger partial charge in [-0.25, -0.2) is 0 Å². The molecule has 3 rings (SSSR count). The molecule has 0 radical (unpaired) electrons. The molecular weight excluding hydrogens is 296 g/mol. The molecule has 0 atom stereocenters. The van der Waals surface area contributed by atoms with Crippen molar-refractivity contribution in [1.82, 2.24) is 0 Å². The molecule has 0 amide bonds. The van der Waals surface area contributed by atoms with Crippen LogP contribution in [0, 0.1) is 6.92 Å². The van der Waals surface area contributed by atoms with Crippen LogP contribution < -0.4 is 9.47 Å². The molecule has 0 aliphatic rings. The topological polar surface area (TPSA) is 18.5 Å². The van der Waals surface area contributed by atoms with Gasteiger partial charge < -0.3 is 9.47 Å². The fourth-order valence-electron chi connectivity index (χ4n) is 2.12. The molecule has 0 unspecified atom stereocenters. The molecule has 3 aromatic rings. The van der Waals surface area contributed by atoms with Gasteiger partial charge in [0.2, 0.25) is 0 Å².